The summed E-state index contributed by atoms with van der Waals surface area (Å²) in [5.74, 6) is 0.849. The molecular formula is C17H31NO2. The van der Waals surface area contributed by atoms with Crippen LogP contribution in [-0.4, -0.2) is 35.1 Å². The second-order valence-corrected chi connectivity index (χ2v) is 7.52. The highest BCUT2D eigenvalue weighted by atomic mass is 16.6. The van der Waals surface area contributed by atoms with E-state index < -0.39 is 0 Å². The fraction of sp³-hybridized carbons (Fsp3) is 0.941. The van der Waals surface area contributed by atoms with E-state index in [1.165, 1.54) is 32.1 Å². The topological polar surface area (TPSA) is 29.5 Å². The van der Waals surface area contributed by atoms with Crippen molar-refractivity contribution in [1.82, 2.24) is 4.90 Å². The first-order chi connectivity index (χ1) is 9.40. The zero-order valence-corrected chi connectivity index (χ0v) is 13.7. The highest BCUT2D eigenvalue weighted by Crippen LogP contribution is 2.34. The van der Waals surface area contributed by atoms with Gasteiger partial charge in [-0.3, -0.25) is 9.69 Å². The number of carbonyl (C=O) groups excluding carboxylic acids is 1. The molecule has 0 radical (unpaired) electrons. The lowest BCUT2D eigenvalue weighted by molar-refractivity contribution is -0.161. The number of hydrogen-bond acceptors (Lipinski definition) is 3. The second-order valence-electron chi connectivity index (χ2n) is 7.52. The van der Waals surface area contributed by atoms with Gasteiger partial charge in [0.15, 0.2) is 0 Å². The zero-order valence-electron chi connectivity index (χ0n) is 13.7. The van der Waals surface area contributed by atoms with Crippen molar-refractivity contribution in [3.8, 4) is 0 Å². The Bertz CT molecular complexity index is 334. The van der Waals surface area contributed by atoms with E-state index in [2.05, 4.69) is 11.8 Å². The van der Waals surface area contributed by atoms with Crippen molar-refractivity contribution in [3.05, 3.63) is 0 Å². The van der Waals surface area contributed by atoms with E-state index >= 15 is 0 Å². The largest absolute Gasteiger partial charge is 0.459 e. The minimum Gasteiger partial charge on any atom is -0.459 e. The standard InChI is InChI=1S/C17H31NO2/c1-5-13-8-6-9-14(12-13)18-11-7-10-15(18)16(19)20-17(2,3)4/h13-15H,5-12H2,1-4H3/t13?,14?,15-/m1/s1. The molecule has 0 aromatic carbocycles. The third-order valence-corrected chi connectivity index (χ3v) is 4.77. The van der Waals surface area contributed by atoms with Crippen molar-refractivity contribution < 1.29 is 9.53 Å². The van der Waals surface area contributed by atoms with Crippen LogP contribution in [0.5, 0.6) is 0 Å². The molecule has 0 N–H and O–H groups in total. The Morgan fingerprint density at radius 1 is 1.20 bits per heavy atom. The van der Waals surface area contributed by atoms with Crippen LogP contribution < -0.4 is 0 Å². The van der Waals surface area contributed by atoms with Gasteiger partial charge < -0.3 is 4.74 Å². The van der Waals surface area contributed by atoms with Crippen molar-refractivity contribution in [3.63, 3.8) is 0 Å². The molecule has 2 unspecified atom stereocenters. The van der Waals surface area contributed by atoms with Crippen LogP contribution in [0.2, 0.25) is 0 Å². The second kappa shape index (κ2) is 6.46. The first-order valence-electron chi connectivity index (χ1n) is 8.39. The molecule has 3 nitrogen and oxygen atoms in total. The summed E-state index contributed by atoms with van der Waals surface area (Å²) < 4.78 is 5.62. The molecule has 2 rings (SSSR count). The van der Waals surface area contributed by atoms with E-state index in [-0.39, 0.29) is 17.6 Å². The number of hydrogen-bond donors (Lipinski definition) is 0. The van der Waals surface area contributed by atoms with Crippen LogP contribution in [0.25, 0.3) is 0 Å². The number of esters is 1. The average Bonchev–Trinajstić information content (AvgIpc) is 2.86. The van der Waals surface area contributed by atoms with Gasteiger partial charge in [-0.1, -0.05) is 26.2 Å². The normalized spacial score (nSPS) is 32.3. The quantitative estimate of drug-likeness (QED) is 0.738. The van der Waals surface area contributed by atoms with Gasteiger partial charge in [0.25, 0.3) is 0 Å². The van der Waals surface area contributed by atoms with Gasteiger partial charge >= 0.3 is 5.97 Å². The highest BCUT2D eigenvalue weighted by molar-refractivity contribution is 5.76. The summed E-state index contributed by atoms with van der Waals surface area (Å²) >= 11 is 0. The van der Waals surface area contributed by atoms with Crippen LogP contribution in [0, 0.1) is 5.92 Å². The van der Waals surface area contributed by atoms with E-state index in [0.717, 1.165) is 25.3 Å². The summed E-state index contributed by atoms with van der Waals surface area (Å²) in [5, 5.41) is 0. The molecule has 0 spiro atoms. The maximum Gasteiger partial charge on any atom is 0.323 e. The first kappa shape index (κ1) is 15.8. The summed E-state index contributed by atoms with van der Waals surface area (Å²) in [7, 11) is 0. The number of nitrogens with zero attached hydrogens (tertiary/aromatic N) is 1. The average molecular weight is 281 g/mol. The number of rotatable bonds is 3. The summed E-state index contributed by atoms with van der Waals surface area (Å²) in [6, 6.07) is 0.614. The Kier molecular flexibility index (Phi) is 5.11. The molecule has 2 aliphatic rings. The summed E-state index contributed by atoms with van der Waals surface area (Å²) in [5.41, 5.74) is -0.371. The predicted octanol–water partition coefficient (Wildman–Crippen LogP) is 3.76. The molecule has 1 aliphatic heterocycles. The maximum atomic E-state index is 12.4. The van der Waals surface area contributed by atoms with Gasteiger partial charge in [-0.25, -0.2) is 0 Å². The number of carbonyl (C=O) groups is 1. The molecule has 1 saturated carbocycles. The van der Waals surface area contributed by atoms with Crippen molar-refractivity contribution in [2.75, 3.05) is 6.54 Å². The van der Waals surface area contributed by atoms with E-state index in [1.54, 1.807) is 0 Å². The van der Waals surface area contributed by atoms with Gasteiger partial charge in [-0.05, 0) is 58.9 Å². The van der Waals surface area contributed by atoms with E-state index in [0.29, 0.717) is 6.04 Å². The third kappa shape index (κ3) is 3.97. The van der Waals surface area contributed by atoms with Crippen LogP contribution in [0.4, 0.5) is 0 Å². The van der Waals surface area contributed by atoms with Gasteiger partial charge in [0.05, 0.1) is 0 Å². The van der Waals surface area contributed by atoms with Gasteiger partial charge in [0.1, 0.15) is 11.6 Å². The van der Waals surface area contributed by atoms with Crippen LogP contribution >= 0.6 is 0 Å². The summed E-state index contributed by atoms with van der Waals surface area (Å²) in [6.45, 7) is 9.24. The Balaban J connectivity index is 1.98. The van der Waals surface area contributed by atoms with Crippen LogP contribution in [0.1, 0.15) is 72.6 Å². The smallest absolute Gasteiger partial charge is 0.323 e. The molecule has 1 aliphatic carbocycles. The fourth-order valence-electron chi connectivity index (χ4n) is 3.78. The molecule has 0 aromatic rings. The molecule has 20 heavy (non-hydrogen) atoms. The lowest BCUT2D eigenvalue weighted by Crippen LogP contribution is -2.47. The monoisotopic (exact) mass is 281 g/mol. The third-order valence-electron chi connectivity index (χ3n) is 4.77. The minimum atomic E-state index is -0.371. The molecule has 1 heterocycles. The zero-order chi connectivity index (χ0) is 14.8. The minimum absolute atomic E-state index is 0.00591. The van der Waals surface area contributed by atoms with Gasteiger partial charge in [-0.2, -0.15) is 0 Å². The van der Waals surface area contributed by atoms with Gasteiger partial charge in [0.2, 0.25) is 0 Å². The Morgan fingerprint density at radius 3 is 2.60 bits per heavy atom. The Morgan fingerprint density at radius 2 is 1.95 bits per heavy atom. The van der Waals surface area contributed by atoms with Crippen molar-refractivity contribution in [1.29, 1.82) is 0 Å². The number of ether oxygens (including phenoxy) is 1. The molecule has 3 atom stereocenters. The molecule has 0 bridgehead atoms. The van der Waals surface area contributed by atoms with Crippen LogP contribution in [0.15, 0.2) is 0 Å². The van der Waals surface area contributed by atoms with Crippen molar-refractivity contribution in [2.45, 2.75) is 90.3 Å². The first-order valence-corrected chi connectivity index (χ1v) is 8.39. The number of likely N-dealkylation sites (tertiary alicyclic amines) is 1. The molecule has 116 valence electrons. The van der Waals surface area contributed by atoms with Crippen molar-refractivity contribution in [2.24, 2.45) is 5.92 Å². The highest BCUT2D eigenvalue weighted by Gasteiger charge is 2.39. The Hall–Kier alpha value is -0.570. The van der Waals surface area contributed by atoms with Crippen molar-refractivity contribution >= 4 is 5.97 Å². The lowest BCUT2D eigenvalue weighted by atomic mass is 9.83. The molecule has 3 heteroatoms. The van der Waals surface area contributed by atoms with Gasteiger partial charge in [-0.15, -0.1) is 0 Å². The molecule has 0 amide bonds. The Labute approximate surface area is 124 Å². The van der Waals surface area contributed by atoms with Crippen LogP contribution in [-0.2, 0) is 9.53 Å². The summed E-state index contributed by atoms with van der Waals surface area (Å²) in [6.07, 6.45) is 8.62. The lowest BCUT2D eigenvalue weighted by Gasteiger charge is -2.38. The molecular weight excluding hydrogens is 250 g/mol. The van der Waals surface area contributed by atoms with E-state index in [4.69, 9.17) is 4.74 Å². The maximum absolute atomic E-state index is 12.4. The summed E-state index contributed by atoms with van der Waals surface area (Å²) in [4.78, 5) is 14.9. The predicted molar refractivity (Wildman–Crippen MR) is 81.6 cm³/mol. The van der Waals surface area contributed by atoms with E-state index in [9.17, 15) is 4.79 Å². The molecule has 0 aromatic heterocycles. The van der Waals surface area contributed by atoms with Gasteiger partial charge in [0, 0.05) is 6.04 Å². The fourth-order valence-corrected chi connectivity index (χ4v) is 3.78. The molecule has 1 saturated heterocycles. The SMILES string of the molecule is CCC1CCCC(N2CCC[C@@H]2C(=O)OC(C)(C)C)C1. The molecule has 2 fully saturated rings. The van der Waals surface area contributed by atoms with E-state index in [1.807, 2.05) is 20.8 Å². The van der Waals surface area contributed by atoms with Crippen LogP contribution in [0.3, 0.4) is 0 Å².